The lowest BCUT2D eigenvalue weighted by molar-refractivity contribution is -0.136. The van der Waals surface area contributed by atoms with Crippen LogP contribution >= 0.6 is 23.2 Å². The maximum Gasteiger partial charge on any atom is 0.228 e. The van der Waals surface area contributed by atoms with Crippen molar-refractivity contribution < 1.29 is 22.8 Å². The highest BCUT2D eigenvalue weighted by molar-refractivity contribution is 7.90. The van der Waals surface area contributed by atoms with Gasteiger partial charge in [0.15, 0.2) is 5.78 Å². The Labute approximate surface area is 198 Å². The molecule has 2 fully saturated rings. The van der Waals surface area contributed by atoms with Crippen LogP contribution in [0.15, 0.2) is 18.2 Å². The van der Waals surface area contributed by atoms with Gasteiger partial charge in [-0.25, -0.2) is 8.42 Å². The second-order valence-electron chi connectivity index (χ2n) is 8.66. The zero-order valence-corrected chi connectivity index (χ0v) is 20.4. The monoisotopic (exact) mass is 503 g/mol. The van der Waals surface area contributed by atoms with Gasteiger partial charge in [-0.15, -0.1) is 0 Å². The van der Waals surface area contributed by atoms with E-state index in [1.807, 2.05) is 12.1 Å². The van der Waals surface area contributed by atoms with Crippen LogP contribution in [0.1, 0.15) is 26.2 Å². The van der Waals surface area contributed by atoms with Gasteiger partial charge in [-0.2, -0.15) is 0 Å². The van der Waals surface area contributed by atoms with Crippen LogP contribution in [-0.2, 0) is 24.2 Å². The first-order valence-electron chi connectivity index (χ1n) is 10.4. The van der Waals surface area contributed by atoms with E-state index >= 15 is 0 Å². The number of hydrogen-bond acceptors (Lipinski definition) is 6. The summed E-state index contributed by atoms with van der Waals surface area (Å²) in [5, 5.41) is 3.75. The fourth-order valence-electron chi connectivity index (χ4n) is 4.35. The molecule has 2 saturated heterocycles. The van der Waals surface area contributed by atoms with Gasteiger partial charge in [0, 0.05) is 54.1 Å². The number of piperazine rings is 1. The molecule has 0 saturated carbocycles. The summed E-state index contributed by atoms with van der Waals surface area (Å²) in [7, 11) is -3.33. The summed E-state index contributed by atoms with van der Waals surface area (Å²) in [5.41, 5.74) is -0.421. The number of rotatable bonds is 7. The first kappa shape index (κ1) is 24.8. The molecule has 2 amide bonds. The second-order valence-corrected chi connectivity index (χ2v) is 11.8. The fraction of sp³-hybridized carbons (Fsp3) is 0.571. The maximum absolute atomic E-state index is 13.1. The van der Waals surface area contributed by atoms with E-state index in [0.29, 0.717) is 36.2 Å². The van der Waals surface area contributed by atoms with Crippen LogP contribution in [-0.4, -0.2) is 74.6 Å². The number of benzene rings is 1. The molecule has 1 aromatic rings. The molecule has 11 heteroatoms. The number of ketones is 1. The molecular formula is C21H27Cl2N3O5S. The molecule has 2 aliphatic heterocycles. The molecule has 0 bridgehead atoms. The third-order valence-corrected chi connectivity index (χ3v) is 7.40. The summed E-state index contributed by atoms with van der Waals surface area (Å²) in [6, 6.07) is 5.32. The molecule has 0 unspecified atom stereocenters. The van der Waals surface area contributed by atoms with E-state index in [1.165, 1.54) is 0 Å². The second kappa shape index (κ2) is 9.57. The summed E-state index contributed by atoms with van der Waals surface area (Å²) < 4.78 is 23.3. The number of halogens is 2. The van der Waals surface area contributed by atoms with E-state index in [9.17, 15) is 22.8 Å². The van der Waals surface area contributed by atoms with Crippen LogP contribution in [0.25, 0.3) is 0 Å². The van der Waals surface area contributed by atoms with Gasteiger partial charge in [0.1, 0.15) is 15.4 Å². The number of sulfone groups is 1. The first-order valence-corrected chi connectivity index (χ1v) is 13.2. The van der Waals surface area contributed by atoms with Crippen molar-refractivity contribution in [2.45, 2.75) is 31.7 Å². The number of carbonyl (C=O) groups is 3. The number of Topliss-reactive ketones (excluding diaryl/α,β-unsaturated/α-hetero) is 1. The average molecular weight is 504 g/mol. The van der Waals surface area contributed by atoms with Crippen LogP contribution in [0, 0.1) is 5.92 Å². The molecule has 0 radical (unpaired) electrons. The number of amides is 2. The van der Waals surface area contributed by atoms with Gasteiger partial charge in [0.2, 0.25) is 11.8 Å². The number of anilines is 1. The minimum Gasteiger partial charge on any atom is -0.368 e. The third-order valence-electron chi connectivity index (χ3n) is 6.01. The highest BCUT2D eigenvalue weighted by atomic mass is 35.5. The normalized spacial score (nSPS) is 22.8. The zero-order chi connectivity index (χ0) is 23.7. The van der Waals surface area contributed by atoms with Crippen LogP contribution in [0.4, 0.5) is 5.69 Å². The lowest BCUT2D eigenvalue weighted by Crippen LogP contribution is -2.53. The Kier molecular flexibility index (Phi) is 7.41. The third kappa shape index (κ3) is 5.94. The van der Waals surface area contributed by atoms with Crippen LogP contribution in [0.5, 0.6) is 0 Å². The van der Waals surface area contributed by atoms with Crippen molar-refractivity contribution >= 4 is 56.3 Å². The largest absolute Gasteiger partial charge is 0.368 e. The molecule has 1 aromatic carbocycles. The first-order chi connectivity index (χ1) is 14.9. The van der Waals surface area contributed by atoms with E-state index in [2.05, 4.69) is 10.2 Å². The van der Waals surface area contributed by atoms with Crippen molar-refractivity contribution in [3.63, 3.8) is 0 Å². The summed E-state index contributed by atoms with van der Waals surface area (Å²) in [6.07, 6.45) is 0.849. The number of nitrogens with zero attached hydrogens (tertiary/aromatic N) is 2. The van der Waals surface area contributed by atoms with E-state index in [4.69, 9.17) is 23.2 Å². The quantitative estimate of drug-likeness (QED) is 0.570. The van der Waals surface area contributed by atoms with Crippen molar-refractivity contribution in [1.29, 1.82) is 0 Å². The van der Waals surface area contributed by atoms with Gasteiger partial charge in [0.05, 0.1) is 12.2 Å². The highest BCUT2D eigenvalue weighted by Crippen LogP contribution is 2.30. The molecule has 32 heavy (non-hydrogen) atoms. The van der Waals surface area contributed by atoms with Gasteiger partial charge in [0.25, 0.3) is 0 Å². The molecule has 3 rings (SSSR count). The molecule has 0 aliphatic carbocycles. The summed E-state index contributed by atoms with van der Waals surface area (Å²) in [4.78, 5) is 41.4. The Morgan fingerprint density at radius 1 is 1.12 bits per heavy atom. The fourth-order valence-corrected chi connectivity index (χ4v) is 5.59. The Morgan fingerprint density at radius 2 is 1.72 bits per heavy atom. The van der Waals surface area contributed by atoms with Crippen LogP contribution < -0.4 is 10.2 Å². The van der Waals surface area contributed by atoms with Crippen molar-refractivity contribution in [3.05, 3.63) is 28.2 Å². The Morgan fingerprint density at radius 3 is 2.22 bits per heavy atom. The number of carbonyl (C=O) groups excluding carboxylic acids is 3. The van der Waals surface area contributed by atoms with Gasteiger partial charge in [-0.3, -0.25) is 14.4 Å². The van der Waals surface area contributed by atoms with E-state index in [-0.39, 0.29) is 36.7 Å². The summed E-state index contributed by atoms with van der Waals surface area (Å²) >= 11 is 12.2. The topological polar surface area (TPSA) is 104 Å². The SMILES string of the molecule is C[C@@H](C[C@@]1(CCS(C)(=O)=O)NC(=O)CC1=O)C(=O)N1CCN(c2cc(Cl)cc(Cl)c2)CC1. The number of hydrogen-bond donors (Lipinski definition) is 1. The maximum atomic E-state index is 13.1. The molecule has 2 aliphatic rings. The molecule has 176 valence electrons. The minimum absolute atomic E-state index is 0.0304. The van der Waals surface area contributed by atoms with Crippen LogP contribution in [0.2, 0.25) is 10.0 Å². The molecule has 8 nitrogen and oxygen atoms in total. The van der Waals surface area contributed by atoms with Gasteiger partial charge >= 0.3 is 0 Å². The predicted octanol–water partition coefficient (Wildman–Crippen LogP) is 1.93. The van der Waals surface area contributed by atoms with Crippen molar-refractivity contribution in [3.8, 4) is 0 Å². The Balaban J connectivity index is 1.64. The zero-order valence-electron chi connectivity index (χ0n) is 18.1. The highest BCUT2D eigenvalue weighted by Gasteiger charge is 2.47. The molecule has 2 heterocycles. The standard InChI is InChI=1S/C21H27Cl2N3O5S/c1-14(13-21(3-8-32(2,30)31)18(27)12-19(28)24-21)20(29)26-6-4-25(5-7-26)17-10-15(22)9-16(23)11-17/h9-11,14H,3-8,12-13H2,1-2H3,(H,24,28)/t14-,21+/m0/s1. The molecule has 1 N–H and O–H groups in total. The van der Waals surface area contributed by atoms with Crippen LogP contribution in [0.3, 0.4) is 0 Å². The summed E-state index contributed by atoms with van der Waals surface area (Å²) in [5.74, 6) is -1.70. The molecule has 2 atom stereocenters. The molecule has 0 aromatic heterocycles. The minimum atomic E-state index is -3.33. The average Bonchev–Trinajstić information content (AvgIpc) is 2.98. The lowest BCUT2D eigenvalue weighted by Gasteiger charge is -2.38. The van der Waals surface area contributed by atoms with Crippen molar-refractivity contribution in [1.82, 2.24) is 10.2 Å². The van der Waals surface area contributed by atoms with Crippen molar-refractivity contribution in [2.24, 2.45) is 5.92 Å². The number of nitrogens with one attached hydrogen (secondary N) is 1. The predicted molar refractivity (Wildman–Crippen MR) is 124 cm³/mol. The molecule has 0 spiro atoms. The lowest BCUT2D eigenvalue weighted by atomic mass is 9.83. The van der Waals surface area contributed by atoms with Gasteiger partial charge < -0.3 is 15.1 Å². The Bertz CT molecular complexity index is 1000. The molecular weight excluding hydrogens is 477 g/mol. The summed E-state index contributed by atoms with van der Waals surface area (Å²) in [6.45, 7) is 3.90. The van der Waals surface area contributed by atoms with Gasteiger partial charge in [-0.1, -0.05) is 30.1 Å². The van der Waals surface area contributed by atoms with Gasteiger partial charge in [-0.05, 0) is 31.0 Å². The van der Waals surface area contributed by atoms with E-state index in [0.717, 1.165) is 11.9 Å². The van der Waals surface area contributed by atoms with Crippen molar-refractivity contribution in [2.75, 3.05) is 43.1 Å². The smallest absolute Gasteiger partial charge is 0.228 e. The Hall–Kier alpha value is -1.84. The van der Waals surface area contributed by atoms with E-state index < -0.39 is 27.2 Å². The van der Waals surface area contributed by atoms with E-state index in [1.54, 1.807) is 17.9 Å².